The molecule has 0 atom stereocenters. The molecular weight excluding hydrogens is 400 g/mol. The van der Waals surface area contributed by atoms with Crippen LogP contribution in [0.3, 0.4) is 0 Å². The summed E-state index contributed by atoms with van der Waals surface area (Å²) >= 11 is 6.86. The lowest BCUT2D eigenvalue weighted by atomic mass is 10.2. The van der Waals surface area contributed by atoms with Gasteiger partial charge in [0.1, 0.15) is 12.9 Å². The van der Waals surface area contributed by atoms with Crippen molar-refractivity contribution in [2.45, 2.75) is 13.5 Å². The molecule has 2 aromatic carbocycles. The number of carbonyl (C=O) groups excluding carboxylic acids is 1. The molecule has 0 amide bonds. The summed E-state index contributed by atoms with van der Waals surface area (Å²) in [4.78, 5) is 10.9. The van der Waals surface area contributed by atoms with Gasteiger partial charge in [-0.2, -0.15) is 0 Å². The molecule has 0 N–H and O–H groups in total. The molecule has 0 aliphatic rings. The molecule has 21 heavy (non-hydrogen) atoms. The number of carbonyl (C=O) groups is 1. The molecule has 0 aromatic heterocycles. The lowest BCUT2D eigenvalue weighted by molar-refractivity contribution is 0.112. The number of aldehydes is 1. The average Bonchev–Trinajstić information content (AvgIpc) is 2.46. The van der Waals surface area contributed by atoms with Crippen LogP contribution in [0.1, 0.15) is 22.8 Å². The van der Waals surface area contributed by atoms with Crippen LogP contribution in [0.15, 0.2) is 45.3 Å². The van der Waals surface area contributed by atoms with Gasteiger partial charge in [-0.3, -0.25) is 4.79 Å². The third-order valence-corrected chi connectivity index (χ3v) is 3.82. The quantitative estimate of drug-likeness (QED) is 0.625. The zero-order chi connectivity index (χ0) is 15.2. The van der Waals surface area contributed by atoms with Crippen LogP contribution in [0.2, 0.25) is 0 Å². The van der Waals surface area contributed by atoms with E-state index in [1.165, 1.54) is 0 Å². The van der Waals surface area contributed by atoms with Crippen LogP contribution in [0.25, 0.3) is 0 Å². The van der Waals surface area contributed by atoms with E-state index >= 15 is 0 Å². The molecule has 5 heteroatoms. The zero-order valence-electron chi connectivity index (χ0n) is 11.4. The Kier molecular flexibility index (Phi) is 5.82. The van der Waals surface area contributed by atoms with E-state index in [2.05, 4.69) is 31.9 Å². The molecule has 0 unspecified atom stereocenters. The van der Waals surface area contributed by atoms with Gasteiger partial charge in [-0.25, -0.2) is 0 Å². The van der Waals surface area contributed by atoms with Gasteiger partial charge < -0.3 is 9.47 Å². The highest BCUT2D eigenvalue weighted by Gasteiger charge is 2.12. The van der Waals surface area contributed by atoms with Crippen LogP contribution >= 0.6 is 31.9 Å². The maximum Gasteiger partial charge on any atom is 0.175 e. The number of hydrogen-bond acceptors (Lipinski definition) is 3. The largest absolute Gasteiger partial charge is 0.490 e. The second-order valence-corrected chi connectivity index (χ2v) is 6.07. The summed E-state index contributed by atoms with van der Waals surface area (Å²) in [6, 6.07) is 11.3. The summed E-state index contributed by atoms with van der Waals surface area (Å²) in [5.41, 5.74) is 1.58. The fourth-order valence-electron chi connectivity index (χ4n) is 1.84. The Balaban J connectivity index is 2.24. The second-order valence-electron chi connectivity index (χ2n) is 4.30. The van der Waals surface area contributed by atoms with E-state index in [1.54, 1.807) is 12.1 Å². The van der Waals surface area contributed by atoms with Crippen molar-refractivity contribution < 1.29 is 14.3 Å². The molecule has 0 fully saturated rings. The van der Waals surface area contributed by atoms with Gasteiger partial charge in [0.05, 0.1) is 11.1 Å². The molecule has 0 saturated heterocycles. The van der Waals surface area contributed by atoms with Gasteiger partial charge in [0.15, 0.2) is 11.5 Å². The molecule has 0 heterocycles. The number of hydrogen-bond donors (Lipinski definition) is 0. The van der Waals surface area contributed by atoms with Crippen molar-refractivity contribution in [3.8, 4) is 11.5 Å². The third-order valence-electron chi connectivity index (χ3n) is 2.74. The highest BCUT2D eigenvalue weighted by Crippen LogP contribution is 2.37. The van der Waals surface area contributed by atoms with Crippen molar-refractivity contribution >= 4 is 38.1 Å². The third kappa shape index (κ3) is 4.32. The lowest BCUT2D eigenvalue weighted by Crippen LogP contribution is -2.01. The molecule has 0 aliphatic heterocycles. The fourth-order valence-corrected chi connectivity index (χ4v) is 2.86. The minimum absolute atomic E-state index is 0.415. The zero-order valence-corrected chi connectivity index (χ0v) is 14.6. The molecule has 3 nitrogen and oxygen atoms in total. The molecule has 0 bridgehead atoms. The molecule has 2 aromatic rings. The summed E-state index contributed by atoms with van der Waals surface area (Å²) in [5.74, 6) is 1.16. The van der Waals surface area contributed by atoms with E-state index < -0.39 is 0 Å². The second kappa shape index (κ2) is 7.61. The van der Waals surface area contributed by atoms with Gasteiger partial charge in [0.2, 0.25) is 0 Å². The van der Waals surface area contributed by atoms with Gasteiger partial charge in [-0.1, -0.05) is 28.1 Å². The van der Waals surface area contributed by atoms with Crippen LogP contribution in [0, 0.1) is 0 Å². The highest BCUT2D eigenvalue weighted by atomic mass is 79.9. The van der Waals surface area contributed by atoms with Crippen LogP contribution in [-0.4, -0.2) is 12.9 Å². The van der Waals surface area contributed by atoms with E-state index in [0.29, 0.717) is 34.7 Å². The normalized spacial score (nSPS) is 10.2. The first-order valence-electron chi connectivity index (χ1n) is 6.42. The van der Waals surface area contributed by atoms with E-state index in [9.17, 15) is 4.79 Å². The fraction of sp³-hybridized carbons (Fsp3) is 0.188. The predicted molar refractivity (Wildman–Crippen MR) is 89.2 cm³/mol. The van der Waals surface area contributed by atoms with Gasteiger partial charge in [0, 0.05) is 10.0 Å². The summed E-state index contributed by atoms with van der Waals surface area (Å²) in [6.07, 6.45) is 0.783. The van der Waals surface area contributed by atoms with Gasteiger partial charge in [-0.15, -0.1) is 0 Å². The number of benzene rings is 2. The molecular formula is C16H14Br2O3. The Hall–Kier alpha value is -1.33. The van der Waals surface area contributed by atoms with Crippen LogP contribution in [-0.2, 0) is 6.61 Å². The van der Waals surface area contributed by atoms with Crippen LogP contribution < -0.4 is 9.47 Å². The van der Waals surface area contributed by atoms with E-state index in [1.807, 2.05) is 31.2 Å². The van der Waals surface area contributed by atoms with Crippen LogP contribution in [0.5, 0.6) is 11.5 Å². The predicted octanol–water partition coefficient (Wildman–Crippen LogP) is 5.00. The van der Waals surface area contributed by atoms with E-state index in [4.69, 9.17) is 9.47 Å². The Morgan fingerprint density at radius 3 is 2.62 bits per heavy atom. The number of rotatable bonds is 6. The van der Waals surface area contributed by atoms with Crippen LogP contribution in [0.4, 0.5) is 0 Å². The van der Waals surface area contributed by atoms with E-state index in [0.717, 1.165) is 16.3 Å². The molecule has 0 aliphatic carbocycles. The summed E-state index contributed by atoms with van der Waals surface area (Å²) in [6.45, 7) is 2.81. The van der Waals surface area contributed by atoms with Crippen molar-refractivity contribution in [3.63, 3.8) is 0 Å². The van der Waals surface area contributed by atoms with E-state index in [-0.39, 0.29) is 0 Å². The number of ether oxygens (including phenoxy) is 2. The first kappa shape index (κ1) is 16.0. The number of halogens is 2. The minimum Gasteiger partial charge on any atom is -0.490 e. The van der Waals surface area contributed by atoms with Gasteiger partial charge in [0.25, 0.3) is 0 Å². The van der Waals surface area contributed by atoms with Gasteiger partial charge in [-0.05, 0) is 52.7 Å². The smallest absolute Gasteiger partial charge is 0.175 e. The Morgan fingerprint density at radius 2 is 1.95 bits per heavy atom. The summed E-state index contributed by atoms with van der Waals surface area (Å²) < 4.78 is 13.1. The maximum absolute atomic E-state index is 10.9. The van der Waals surface area contributed by atoms with Crippen molar-refractivity contribution in [1.82, 2.24) is 0 Å². The maximum atomic E-state index is 10.9. The summed E-state index contributed by atoms with van der Waals surface area (Å²) in [7, 11) is 0. The first-order chi connectivity index (χ1) is 10.1. The monoisotopic (exact) mass is 412 g/mol. The van der Waals surface area contributed by atoms with Gasteiger partial charge >= 0.3 is 0 Å². The average molecular weight is 414 g/mol. The Labute approximate surface area is 140 Å². The molecule has 0 spiro atoms. The summed E-state index contributed by atoms with van der Waals surface area (Å²) in [5, 5.41) is 0. The van der Waals surface area contributed by atoms with Crippen molar-refractivity contribution in [2.75, 3.05) is 6.61 Å². The standard InChI is InChI=1S/C16H14Br2O3/c1-2-20-15-8-12(9-19)7-14(18)16(15)21-10-11-4-3-5-13(17)6-11/h3-9H,2,10H2,1H3. The molecule has 2 rings (SSSR count). The minimum atomic E-state index is 0.415. The molecule has 0 saturated carbocycles. The van der Waals surface area contributed by atoms with Crippen molar-refractivity contribution in [3.05, 3.63) is 56.5 Å². The molecule has 110 valence electrons. The SMILES string of the molecule is CCOc1cc(C=O)cc(Br)c1OCc1cccc(Br)c1. The lowest BCUT2D eigenvalue weighted by Gasteiger charge is -2.14. The van der Waals surface area contributed by atoms with Crippen molar-refractivity contribution in [2.24, 2.45) is 0 Å². The topological polar surface area (TPSA) is 35.5 Å². The van der Waals surface area contributed by atoms with Crippen molar-refractivity contribution in [1.29, 1.82) is 0 Å². The first-order valence-corrected chi connectivity index (χ1v) is 8.01. The molecule has 0 radical (unpaired) electrons. The highest BCUT2D eigenvalue weighted by molar-refractivity contribution is 9.10. The Bertz CT molecular complexity index is 641. The Morgan fingerprint density at radius 1 is 1.14 bits per heavy atom.